The molecule has 0 unspecified atom stereocenters. The van der Waals surface area contributed by atoms with Crippen LogP contribution in [0.4, 0.5) is 5.69 Å². The van der Waals surface area contributed by atoms with E-state index in [1.807, 2.05) is 12.3 Å². The molecule has 1 aromatic carbocycles. The molecular weight excluding hydrogens is 294 g/mol. The monoisotopic (exact) mass is 311 g/mol. The molecule has 0 fully saturated rings. The zero-order valence-corrected chi connectivity index (χ0v) is 13.2. The minimum absolute atomic E-state index is 0.713. The van der Waals surface area contributed by atoms with E-state index in [0.29, 0.717) is 6.61 Å². The largest absolute Gasteiger partial charge is 0.378 e. The number of anilines is 1. The molecule has 3 aromatic rings. The summed E-state index contributed by atoms with van der Waals surface area (Å²) in [6, 6.07) is 8.30. The number of fused-ring (bicyclic) bond motifs is 2. The molecule has 0 atom stereocenters. The first kappa shape index (κ1) is 13.7. The lowest BCUT2D eigenvalue weighted by Crippen LogP contribution is -2.07. The topological polar surface area (TPSA) is 47.0 Å². The predicted octanol–water partition coefficient (Wildman–Crippen LogP) is 3.68. The Morgan fingerprint density at radius 1 is 1.32 bits per heavy atom. The maximum atomic E-state index is 5.48. The summed E-state index contributed by atoms with van der Waals surface area (Å²) in [5, 5.41) is 5.79. The van der Waals surface area contributed by atoms with Crippen molar-refractivity contribution in [2.24, 2.45) is 0 Å². The first-order valence-corrected chi connectivity index (χ1v) is 8.26. The van der Waals surface area contributed by atoms with Crippen LogP contribution < -0.4 is 5.32 Å². The average molecular weight is 311 g/mol. The van der Waals surface area contributed by atoms with Crippen LogP contribution in [0.25, 0.3) is 10.9 Å². The summed E-state index contributed by atoms with van der Waals surface area (Å²) >= 11 is 1.75. The van der Waals surface area contributed by atoms with Gasteiger partial charge in [-0.2, -0.15) is 0 Å². The Morgan fingerprint density at radius 3 is 3.18 bits per heavy atom. The van der Waals surface area contributed by atoms with Crippen molar-refractivity contribution < 1.29 is 4.74 Å². The molecule has 0 bridgehead atoms. The van der Waals surface area contributed by atoms with Crippen molar-refractivity contribution in [2.45, 2.75) is 26.5 Å². The van der Waals surface area contributed by atoms with Crippen molar-refractivity contribution in [3.8, 4) is 0 Å². The third kappa shape index (κ3) is 2.46. The highest BCUT2D eigenvalue weighted by Gasteiger charge is 2.15. The molecule has 0 saturated carbocycles. The van der Waals surface area contributed by atoms with Gasteiger partial charge in [0.2, 0.25) is 0 Å². The van der Waals surface area contributed by atoms with Gasteiger partial charge in [-0.25, -0.2) is 4.98 Å². The van der Waals surface area contributed by atoms with Gasteiger partial charge in [0.05, 0.1) is 35.8 Å². The van der Waals surface area contributed by atoms with Crippen molar-refractivity contribution in [3.63, 3.8) is 0 Å². The molecule has 0 spiro atoms. The van der Waals surface area contributed by atoms with E-state index < -0.39 is 0 Å². The number of aromatic nitrogens is 2. The molecule has 2 aromatic heterocycles. The van der Waals surface area contributed by atoms with Crippen molar-refractivity contribution >= 4 is 27.9 Å². The van der Waals surface area contributed by atoms with Gasteiger partial charge in [-0.3, -0.25) is 4.98 Å². The van der Waals surface area contributed by atoms with E-state index in [-0.39, 0.29) is 0 Å². The van der Waals surface area contributed by atoms with E-state index in [9.17, 15) is 0 Å². The number of hydrogen-bond donors (Lipinski definition) is 1. The predicted molar refractivity (Wildman–Crippen MR) is 89.3 cm³/mol. The normalized spacial score (nSPS) is 14.0. The molecule has 1 N–H and O–H groups in total. The molecule has 112 valence electrons. The van der Waals surface area contributed by atoms with Gasteiger partial charge in [0, 0.05) is 23.7 Å². The van der Waals surface area contributed by atoms with Crippen LogP contribution in [-0.2, 0) is 24.3 Å². The molecule has 0 amide bonds. The smallest absolute Gasteiger partial charge is 0.112 e. The maximum Gasteiger partial charge on any atom is 0.112 e. The number of benzene rings is 1. The number of nitrogens with zero attached hydrogens (tertiary/aromatic N) is 2. The highest BCUT2D eigenvalue weighted by molar-refractivity contribution is 7.11. The van der Waals surface area contributed by atoms with E-state index in [4.69, 9.17) is 9.72 Å². The van der Waals surface area contributed by atoms with Crippen LogP contribution in [0.2, 0.25) is 0 Å². The van der Waals surface area contributed by atoms with E-state index >= 15 is 0 Å². The number of para-hydroxylation sites is 1. The molecule has 4 nitrogen and oxygen atoms in total. The zero-order chi connectivity index (χ0) is 14.9. The van der Waals surface area contributed by atoms with Crippen LogP contribution in [0, 0.1) is 6.92 Å². The highest BCUT2D eigenvalue weighted by Crippen LogP contribution is 2.27. The second kappa shape index (κ2) is 5.66. The Morgan fingerprint density at radius 2 is 2.27 bits per heavy atom. The van der Waals surface area contributed by atoms with Gasteiger partial charge in [-0.05, 0) is 18.6 Å². The van der Waals surface area contributed by atoms with E-state index in [2.05, 4.69) is 35.4 Å². The van der Waals surface area contributed by atoms with Gasteiger partial charge in [0.25, 0.3) is 0 Å². The Balaban J connectivity index is 1.59. The third-order valence-corrected chi connectivity index (χ3v) is 5.01. The molecule has 3 heterocycles. The van der Waals surface area contributed by atoms with Gasteiger partial charge in [0.1, 0.15) is 5.01 Å². The van der Waals surface area contributed by atoms with Crippen molar-refractivity contribution in [1.29, 1.82) is 0 Å². The lowest BCUT2D eigenvalue weighted by atomic mass is 10.1. The summed E-state index contributed by atoms with van der Waals surface area (Å²) in [5.74, 6) is 0. The van der Waals surface area contributed by atoms with Gasteiger partial charge in [0.15, 0.2) is 0 Å². The number of pyridine rings is 1. The van der Waals surface area contributed by atoms with Gasteiger partial charge >= 0.3 is 0 Å². The second-order valence-electron chi connectivity index (χ2n) is 5.46. The minimum atomic E-state index is 0.713. The molecule has 4 rings (SSSR count). The summed E-state index contributed by atoms with van der Waals surface area (Å²) < 4.78 is 5.48. The fourth-order valence-corrected chi connectivity index (χ4v) is 3.80. The lowest BCUT2D eigenvalue weighted by molar-refractivity contribution is 0.112. The third-order valence-electron chi connectivity index (χ3n) is 3.94. The fourth-order valence-electron chi connectivity index (χ4n) is 2.80. The molecule has 0 aliphatic carbocycles. The van der Waals surface area contributed by atoms with E-state index in [1.165, 1.54) is 16.1 Å². The molecule has 0 saturated heterocycles. The maximum absolute atomic E-state index is 5.48. The molecule has 0 radical (unpaired) electrons. The van der Waals surface area contributed by atoms with Crippen LogP contribution in [0.1, 0.15) is 21.1 Å². The number of ether oxygens (including phenoxy) is 1. The first-order chi connectivity index (χ1) is 10.8. The summed E-state index contributed by atoms with van der Waals surface area (Å²) in [6.45, 7) is 4.33. The second-order valence-corrected chi connectivity index (χ2v) is 6.63. The Kier molecular flexibility index (Phi) is 3.52. The number of hydrogen-bond acceptors (Lipinski definition) is 5. The van der Waals surface area contributed by atoms with Gasteiger partial charge in [-0.1, -0.05) is 18.2 Å². The van der Waals surface area contributed by atoms with E-state index in [1.54, 1.807) is 11.3 Å². The summed E-state index contributed by atoms with van der Waals surface area (Å²) in [5.41, 5.74) is 4.57. The van der Waals surface area contributed by atoms with E-state index in [0.717, 1.165) is 41.2 Å². The Labute approximate surface area is 133 Å². The van der Waals surface area contributed by atoms with Gasteiger partial charge < -0.3 is 10.1 Å². The average Bonchev–Trinajstić information content (AvgIpc) is 2.96. The summed E-state index contributed by atoms with van der Waals surface area (Å²) in [6.07, 6.45) is 2.79. The number of aryl methyl sites for hydroxylation is 1. The Bertz CT molecular complexity index is 804. The number of rotatable bonds is 3. The molecule has 5 heteroatoms. The van der Waals surface area contributed by atoms with Crippen LogP contribution in [0.3, 0.4) is 0 Å². The first-order valence-electron chi connectivity index (χ1n) is 7.44. The summed E-state index contributed by atoms with van der Waals surface area (Å²) in [7, 11) is 0. The van der Waals surface area contributed by atoms with Crippen molar-refractivity contribution in [1.82, 2.24) is 9.97 Å². The van der Waals surface area contributed by atoms with Gasteiger partial charge in [-0.15, -0.1) is 11.3 Å². The molecule has 22 heavy (non-hydrogen) atoms. The standard InChI is InChI=1S/C17H17N3OS/c1-11-3-2-4-12-13(5-7-18-17(11)12)19-9-16-20-14-6-8-21-10-15(14)22-16/h2-5,7H,6,8-10H2,1H3,(H,18,19). The zero-order valence-electron chi connectivity index (χ0n) is 12.4. The molecule has 1 aliphatic heterocycles. The number of thiazole rings is 1. The Hall–Kier alpha value is -1.98. The SMILES string of the molecule is Cc1cccc2c(NCc3nc4c(s3)COCC4)ccnc12. The minimum Gasteiger partial charge on any atom is -0.378 e. The fraction of sp³-hybridized carbons (Fsp3) is 0.294. The van der Waals surface area contributed by atoms with Crippen LogP contribution in [0.5, 0.6) is 0 Å². The highest BCUT2D eigenvalue weighted by atomic mass is 32.1. The lowest BCUT2D eigenvalue weighted by Gasteiger charge is -2.09. The summed E-state index contributed by atoms with van der Waals surface area (Å²) in [4.78, 5) is 10.5. The van der Waals surface area contributed by atoms with Crippen LogP contribution in [-0.4, -0.2) is 16.6 Å². The molecule has 1 aliphatic rings. The van der Waals surface area contributed by atoms with Crippen molar-refractivity contribution in [2.75, 3.05) is 11.9 Å². The van der Waals surface area contributed by atoms with Crippen LogP contribution >= 0.6 is 11.3 Å². The number of nitrogens with one attached hydrogen (secondary N) is 1. The quantitative estimate of drug-likeness (QED) is 0.801. The van der Waals surface area contributed by atoms with Crippen LogP contribution in [0.15, 0.2) is 30.5 Å². The molecular formula is C17H17N3OS. The van der Waals surface area contributed by atoms with Crippen molar-refractivity contribution in [3.05, 3.63) is 51.6 Å².